The predicted octanol–water partition coefficient (Wildman–Crippen LogP) is 1.72. The number of aromatic nitrogens is 2. The van der Waals surface area contributed by atoms with Crippen LogP contribution in [0.25, 0.3) is 0 Å². The maximum absolute atomic E-state index is 4.59. The molecule has 3 saturated heterocycles. The van der Waals surface area contributed by atoms with Gasteiger partial charge < -0.3 is 14.8 Å². The maximum atomic E-state index is 4.59. The van der Waals surface area contributed by atoms with Crippen molar-refractivity contribution in [2.45, 2.75) is 39.3 Å². The molecule has 4 heterocycles. The second-order valence-corrected chi connectivity index (χ2v) is 5.38. The van der Waals surface area contributed by atoms with E-state index in [-0.39, 0.29) is 0 Å². The summed E-state index contributed by atoms with van der Waals surface area (Å²) in [6.07, 6.45) is 4.83. The summed E-state index contributed by atoms with van der Waals surface area (Å²) < 4.78 is 2.22. The predicted molar refractivity (Wildman–Crippen MR) is 69.2 cm³/mol. The van der Waals surface area contributed by atoms with Crippen molar-refractivity contribution in [3.8, 4) is 0 Å². The Morgan fingerprint density at radius 1 is 1.41 bits per heavy atom. The van der Waals surface area contributed by atoms with Gasteiger partial charge in [-0.15, -0.1) is 0 Å². The van der Waals surface area contributed by atoms with E-state index < -0.39 is 0 Å². The Morgan fingerprint density at radius 3 is 2.76 bits per heavy atom. The van der Waals surface area contributed by atoms with Gasteiger partial charge in [-0.1, -0.05) is 0 Å². The van der Waals surface area contributed by atoms with Gasteiger partial charge in [0.1, 0.15) is 0 Å². The van der Waals surface area contributed by atoms with Crippen LogP contribution in [0.1, 0.15) is 25.5 Å². The van der Waals surface area contributed by atoms with Crippen molar-refractivity contribution >= 4 is 5.95 Å². The highest BCUT2D eigenvalue weighted by Gasteiger charge is 2.34. The molecule has 0 aromatic carbocycles. The van der Waals surface area contributed by atoms with Crippen molar-refractivity contribution in [1.29, 1.82) is 0 Å². The zero-order valence-corrected chi connectivity index (χ0v) is 10.8. The molecule has 1 atom stereocenters. The topological polar surface area (TPSA) is 33.1 Å². The second-order valence-electron chi connectivity index (χ2n) is 5.38. The fourth-order valence-electron chi connectivity index (χ4n) is 3.20. The molecule has 94 valence electrons. The van der Waals surface area contributed by atoms with Crippen molar-refractivity contribution in [3.63, 3.8) is 0 Å². The Bertz CT molecular complexity index is 390. The quantitative estimate of drug-likeness (QED) is 0.864. The molecule has 2 bridgehead atoms. The Hall–Kier alpha value is -1.03. The fourth-order valence-corrected chi connectivity index (χ4v) is 3.20. The zero-order chi connectivity index (χ0) is 11.8. The highest BCUT2D eigenvalue weighted by Crippen LogP contribution is 2.29. The second kappa shape index (κ2) is 4.33. The molecular formula is C13H22N4. The van der Waals surface area contributed by atoms with E-state index in [1.165, 1.54) is 32.5 Å². The molecule has 3 aliphatic heterocycles. The molecule has 0 amide bonds. The van der Waals surface area contributed by atoms with Gasteiger partial charge >= 0.3 is 0 Å². The lowest BCUT2D eigenvalue weighted by Gasteiger charge is -2.45. The molecule has 4 nitrogen and oxygen atoms in total. The number of nitrogens with zero attached hydrogens (tertiary/aromatic N) is 3. The third-order valence-electron chi connectivity index (χ3n) is 4.21. The first-order valence-corrected chi connectivity index (χ1v) is 6.79. The zero-order valence-electron chi connectivity index (χ0n) is 10.8. The van der Waals surface area contributed by atoms with Crippen LogP contribution in [0.5, 0.6) is 0 Å². The summed E-state index contributed by atoms with van der Waals surface area (Å²) in [6, 6.07) is 0.601. The smallest absolute Gasteiger partial charge is 0.203 e. The molecule has 1 aromatic rings. The van der Waals surface area contributed by atoms with E-state index in [9.17, 15) is 0 Å². The number of piperidine rings is 3. The maximum Gasteiger partial charge on any atom is 0.203 e. The average molecular weight is 234 g/mol. The van der Waals surface area contributed by atoms with E-state index >= 15 is 0 Å². The number of imidazole rings is 1. The molecule has 1 aromatic heterocycles. The summed E-state index contributed by atoms with van der Waals surface area (Å²) in [7, 11) is 0. The van der Waals surface area contributed by atoms with Crippen LogP contribution in [-0.4, -0.2) is 40.1 Å². The molecule has 4 rings (SSSR count). The van der Waals surface area contributed by atoms with Gasteiger partial charge in [0.05, 0.1) is 5.69 Å². The van der Waals surface area contributed by atoms with Gasteiger partial charge in [0.2, 0.25) is 5.95 Å². The standard InChI is InChI=1S/C13H22N4/c1-3-17-8-10(2)14-13(17)15-12-9-16-6-4-11(12)5-7-16/h8,11-12H,3-7,9H2,1-2H3,(H,14,15). The first kappa shape index (κ1) is 11.1. The number of hydrogen-bond acceptors (Lipinski definition) is 3. The first-order valence-electron chi connectivity index (χ1n) is 6.79. The number of hydrogen-bond donors (Lipinski definition) is 1. The number of rotatable bonds is 3. The van der Waals surface area contributed by atoms with E-state index in [0.717, 1.165) is 24.1 Å². The number of anilines is 1. The SMILES string of the molecule is CCn1cc(C)nc1NC1CN2CCC1CC2. The molecule has 4 heteroatoms. The van der Waals surface area contributed by atoms with Crippen molar-refractivity contribution in [2.75, 3.05) is 25.0 Å². The minimum Gasteiger partial charge on any atom is -0.351 e. The molecule has 1 N–H and O–H groups in total. The van der Waals surface area contributed by atoms with Gasteiger partial charge in [-0.25, -0.2) is 4.98 Å². The Morgan fingerprint density at radius 2 is 2.18 bits per heavy atom. The van der Waals surface area contributed by atoms with E-state index in [4.69, 9.17) is 0 Å². The van der Waals surface area contributed by atoms with Crippen molar-refractivity contribution in [1.82, 2.24) is 14.5 Å². The van der Waals surface area contributed by atoms with Gasteiger partial charge in [0.25, 0.3) is 0 Å². The lowest BCUT2D eigenvalue weighted by molar-refractivity contribution is 0.0971. The number of fused-ring (bicyclic) bond motifs is 3. The van der Waals surface area contributed by atoms with Gasteiger partial charge in [0, 0.05) is 25.3 Å². The molecule has 3 aliphatic rings. The van der Waals surface area contributed by atoms with Crippen molar-refractivity contribution in [2.24, 2.45) is 5.92 Å². The van der Waals surface area contributed by atoms with E-state index in [1.54, 1.807) is 0 Å². The summed E-state index contributed by atoms with van der Waals surface area (Å²) in [5, 5.41) is 3.66. The monoisotopic (exact) mass is 234 g/mol. The Labute approximate surface area is 103 Å². The number of nitrogens with one attached hydrogen (secondary N) is 1. The van der Waals surface area contributed by atoms with E-state index in [1.807, 2.05) is 0 Å². The van der Waals surface area contributed by atoms with Crippen LogP contribution in [0, 0.1) is 12.8 Å². The minimum absolute atomic E-state index is 0.601. The summed E-state index contributed by atoms with van der Waals surface area (Å²) in [5.74, 6) is 1.91. The highest BCUT2D eigenvalue weighted by atomic mass is 15.3. The highest BCUT2D eigenvalue weighted by molar-refractivity contribution is 5.31. The summed E-state index contributed by atoms with van der Waals surface area (Å²) >= 11 is 0. The molecule has 17 heavy (non-hydrogen) atoms. The van der Waals surface area contributed by atoms with Gasteiger partial charge in [-0.2, -0.15) is 0 Å². The van der Waals surface area contributed by atoms with Crippen LogP contribution in [0.3, 0.4) is 0 Å². The Kier molecular flexibility index (Phi) is 2.82. The van der Waals surface area contributed by atoms with Crippen LogP contribution in [0.15, 0.2) is 6.20 Å². The summed E-state index contributed by atoms with van der Waals surface area (Å²) in [5.41, 5.74) is 1.11. The Balaban J connectivity index is 1.74. The fraction of sp³-hybridized carbons (Fsp3) is 0.769. The molecule has 0 saturated carbocycles. The molecule has 1 unspecified atom stereocenters. The molecule has 0 spiro atoms. The largest absolute Gasteiger partial charge is 0.351 e. The molecule has 0 radical (unpaired) electrons. The normalized spacial score (nSPS) is 31.8. The van der Waals surface area contributed by atoms with Crippen molar-refractivity contribution < 1.29 is 0 Å². The molecular weight excluding hydrogens is 212 g/mol. The average Bonchev–Trinajstić information content (AvgIpc) is 2.71. The van der Waals surface area contributed by atoms with Crippen LogP contribution in [0.4, 0.5) is 5.95 Å². The van der Waals surface area contributed by atoms with E-state index in [0.29, 0.717) is 6.04 Å². The van der Waals surface area contributed by atoms with Gasteiger partial charge in [0.15, 0.2) is 0 Å². The van der Waals surface area contributed by atoms with Crippen LogP contribution >= 0.6 is 0 Å². The third-order valence-corrected chi connectivity index (χ3v) is 4.21. The van der Waals surface area contributed by atoms with Gasteiger partial charge in [-0.05, 0) is 45.7 Å². The van der Waals surface area contributed by atoms with Crippen LogP contribution < -0.4 is 5.32 Å². The number of aryl methyl sites for hydroxylation is 2. The lowest BCUT2D eigenvalue weighted by Crippen LogP contribution is -2.53. The summed E-state index contributed by atoms with van der Waals surface area (Å²) in [4.78, 5) is 7.17. The third kappa shape index (κ3) is 2.06. The van der Waals surface area contributed by atoms with E-state index in [2.05, 4.69) is 39.8 Å². The molecule has 3 fully saturated rings. The first-order chi connectivity index (χ1) is 8.26. The lowest BCUT2D eigenvalue weighted by atomic mass is 9.84. The molecule has 0 aliphatic carbocycles. The summed E-state index contributed by atoms with van der Waals surface area (Å²) in [6.45, 7) is 9.01. The van der Waals surface area contributed by atoms with Crippen LogP contribution in [-0.2, 0) is 6.54 Å². The van der Waals surface area contributed by atoms with Gasteiger partial charge in [-0.3, -0.25) is 0 Å². The minimum atomic E-state index is 0.601. The van der Waals surface area contributed by atoms with Crippen LogP contribution in [0.2, 0.25) is 0 Å². The van der Waals surface area contributed by atoms with Crippen molar-refractivity contribution in [3.05, 3.63) is 11.9 Å².